The van der Waals surface area contributed by atoms with E-state index in [9.17, 15) is 17.2 Å². The van der Waals surface area contributed by atoms with Crippen molar-refractivity contribution in [1.82, 2.24) is 4.31 Å². The third-order valence-corrected chi connectivity index (χ3v) is 4.81. The van der Waals surface area contributed by atoms with Gasteiger partial charge in [-0.25, -0.2) is 17.2 Å². The Labute approximate surface area is 117 Å². The normalized spacial score (nSPS) is 20.9. The van der Waals surface area contributed by atoms with Gasteiger partial charge in [-0.1, -0.05) is 0 Å². The first kappa shape index (κ1) is 16.3. The Morgan fingerprint density at radius 2 is 2.00 bits per heavy atom. The van der Waals surface area contributed by atoms with Crippen molar-refractivity contribution in [3.05, 3.63) is 29.8 Å². The summed E-state index contributed by atoms with van der Waals surface area (Å²) in [5.41, 5.74) is 5.69. The van der Waals surface area contributed by atoms with E-state index in [2.05, 4.69) is 0 Å². The van der Waals surface area contributed by atoms with Crippen molar-refractivity contribution < 1.29 is 17.2 Å². The van der Waals surface area contributed by atoms with E-state index in [-0.39, 0.29) is 31.5 Å². The largest absolute Gasteiger partial charge is 0.327 e. The third-order valence-electron chi connectivity index (χ3n) is 2.93. The van der Waals surface area contributed by atoms with Gasteiger partial charge in [0.15, 0.2) is 0 Å². The molecule has 108 valence electrons. The van der Waals surface area contributed by atoms with Crippen molar-refractivity contribution in [1.29, 1.82) is 0 Å². The Kier molecular flexibility index (Phi) is 5.26. The number of sulfonamides is 1. The maximum Gasteiger partial charge on any atom is 0.246 e. The summed E-state index contributed by atoms with van der Waals surface area (Å²) < 4.78 is 52.0. The fraction of sp³-hybridized carbons (Fsp3) is 0.455. The van der Waals surface area contributed by atoms with Crippen LogP contribution in [-0.4, -0.2) is 31.9 Å². The van der Waals surface area contributed by atoms with E-state index >= 15 is 0 Å². The molecule has 2 rings (SSSR count). The van der Waals surface area contributed by atoms with E-state index in [1.165, 1.54) is 0 Å². The van der Waals surface area contributed by atoms with Gasteiger partial charge in [0.05, 0.1) is 0 Å². The van der Waals surface area contributed by atoms with Crippen LogP contribution in [0.15, 0.2) is 23.1 Å². The number of nitrogens with two attached hydrogens (primary N) is 1. The fourth-order valence-corrected chi connectivity index (χ4v) is 3.62. The first-order valence-electron chi connectivity index (χ1n) is 5.62. The van der Waals surface area contributed by atoms with Crippen LogP contribution in [-0.2, 0) is 10.0 Å². The zero-order valence-corrected chi connectivity index (χ0v) is 11.7. The highest BCUT2D eigenvalue weighted by atomic mass is 35.5. The lowest BCUT2D eigenvalue weighted by molar-refractivity contribution is 0.314. The Morgan fingerprint density at radius 3 is 2.63 bits per heavy atom. The van der Waals surface area contributed by atoms with Crippen LogP contribution >= 0.6 is 12.4 Å². The number of piperidine rings is 1. The molecule has 0 radical (unpaired) electrons. The molecule has 0 spiro atoms. The maximum absolute atomic E-state index is 13.5. The first-order valence-corrected chi connectivity index (χ1v) is 7.06. The van der Waals surface area contributed by atoms with Crippen LogP contribution in [0.5, 0.6) is 0 Å². The predicted molar refractivity (Wildman–Crippen MR) is 69.6 cm³/mol. The smallest absolute Gasteiger partial charge is 0.246 e. The van der Waals surface area contributed by atoms with Gasteiger partial charge in [-0.3, -0.25) is 0 Å². The molecule has 8 heteroatoms. The van der Waals surface area contributed by atoms with Crippen molar-refractivity contribution in [3.63, 3.8) is 0 Å². The van der Waals surface area contributed by atoms with Crippen molar-refractivity contribution in [2.75, 3.05) is 13.1 Å². The Hall–Kier alpha value is -0.760. The minimum absolute atomic E-state index is 0. The molecule has 0 saturated carbocycles. The molecule has 19 heavy (non-hydrogen) atoms. The Balaban J connectivity index is 0.00000180. The topological polar surface area (TPSA) is 63.4 Å². The lowest BCUT2D eigenvalue weighted by atomic mass is 10.1. The van der Waals surface area contributed by atoms with E-state index in [4.69, 9.17) is 5.73 Å². The molecular weight excluding hydrogens is 298 g/mol. The molecule has 2 N–H and O–H groups in total. The Bertz CT molecular complexity index is 554. The third kappa shape index (κ3) is 3.42. The second-order valence-corrected chi connectivity index (χ2v) is 6.25. The number of rotatable bonds is 2. The molecule has 0 aromatic heterocycles. The van der Waals surface area contributed by atoms with E-state index < -0.39 is 26.6 Å². The van der Waals surface area contributed by atoms with Crippen LogP contribution < -0.4 is 5.73 Å². The number of hydrogen-bond acceptors (Lipinski definition) is 3. The van der Waals surface area contributed by atoms with Crippen LogP contribution in [0, 0.1) is 11.6 Å². The average molecular weight is 313 g/mol. The number of halogens is 3. The standard InChI is InChI=1S/C11H14F2N2O2S.ClH/c12-8-3-4-10(13)11(6-8)18(16,17)15-5-1-2-9(14)7-15;/h3-4,6,9H,1-2,5,7,14H2;1H/t9-;/m1./s1. The summed E-state index contributed by atoms with van der Waals surface area (Å²) in [6.07, 6.45) is 1.36. The van der Waals surface area contributed by atoms with Crippen LogP contribution in [0.1, 0.15) is 12.8 Å². The van der Waals surface area contributed by atoms with E-state index in [0.29, 0.717) is 12.5 Å². The molecule has 1 aliphatic rings. The molecule has 1 aromatic rings. The second kappa shape index (κ2) is 6.13. The molecule has 0 aliphatic carbocycles. The van der Waals surface area contributed by atoms with E-state index in [1.807, 2.05) is 0 Å². The maximum atomic E-state index is 13.5. The van der Waals surface area contributed by atoms with Gasteiger partial charge in [0.1, 0.15) is 16.5 Å². The zero-order valence-electron chi connectivity index (χ0n) is 10.1. The van der Waals surface area contributed by atoms with Crippen molar-refractivity contribution in [2.24, 2.45) is 5.73 Å². The second-order valence-electron chi connectivity index (χ2n) is 4.34. The summed E-state index contributed by atoms with van der Waals surface area (Å²) in [7, 11) is -4.01. The number of benzene rings is 1. The van der Waals surface area contributed by atoms with E-state index in [1.54, 1.807) is 0 Å². The van der Waals surface area contributed by atoms with Gasteiger partial charge in [0.2, 0.25) is 10.0 Å². The highest BCUT2D eigenvalue weighted by molar-refractivity contribution is 7.89. The molecule has 0 unspecified atom stereocenters. The molecule has 1 aliphatic heterocycles. The van der Waals surface area contributed by atoms with Gasteiger partial charge < -0.3 is 5.73 Å². The van der Waals surface area contributed by atoms with Crippen LogP contribution in [0.3, 0.4) is 0 Å². The van der Waals surface area contributed by atoms with Gasteiger partial charge in [0, 0.05) is 19.1 Å². The fourth-order valence-electron chi connectivity index (χ4n) is 2.01. The minimum Gasteiger partial charge on any atom is -0.327 e. The molecule has 1 saturated heterocycles. The van der Waals surface area contributed by atoms with Crippen molar-refractivity contribution in [2.45, 2.75) is 23.8 Å². The monoisotopic (exact) mass is 312 g/mol. The van der Waals surface area contributed by atoms with Gasteiger partial charge in [-0.2, -0.15) is 4.31 Å². The van der Waals surface area contributed by atoms with Crippen molar-refractivity contribution >= 4 is 22.4 Å². The number of nitrogens with zero attached hydrogens (tertiary/aromatic N) is 1. The number of hydrogen-bond donors (Lipinski definition) is 1. The molecule has 1 aromatic carbocycles. The summed E-state index contributed by atoms with van der Waals surface area (Å²) in [5.74, 6) is -1.73. The summed E-state index contributed by atoms with van der Waals surface area (Å²) in [6.45, 7) is 0.421. The van der Waals surface area contributed by atoms with Crippen LogP contribution in [0.2, 0.25) is 0 Å². The van der Waals surface area contributed by atoms with E-state index in [0.717, 1.165) is 22.9 Å². The zero-order chi connectivity index (χ0) is 13.3. The Morgan fingerprint density at radius 1 is 1.32 bits per heavy atom. The average Bonchev–Trinajstić information content (AvgIpc) is 2.32. The molecular formula is C11H15ClF2N2O2S. The molecule has 0 bridgehead atoms. The van der Waals surface area contributed by atoms with Gasteiger partial charge in [-0.15, -0.1) is 12.4 Å². The summed E-state index contributed by atoms with van der Waals surface area (Å²) in [5, 5.41) is 0. The van der Waals surface area contributed by atoms with Crippen LogP contribution in [0.25, 0.3) is 0 Å². The molecule has 1 heterocycles. The molecule has 1 atom stereocenters. The van der Waals surface area contributed by atoms with Crippen molar-refractivity contribution in [3.8, 4) is 0 Å². The van der Waals surface area contributed by atoms with Gasteiger partial charge in [-0.05, 0) is 31.0 Å². The molecule has 4 nitrogen and oxygen atoms in total. The minimum atomic E-state index is -4.01. The predicted octanol–water partition coefficient (Wildman–Crippen LogP) is 1.50. The van der Waals surface area contributed by atoms with Crippen LogP contribution in [0.4, 0.5) is 8.78 Å². The molecule has 0 amide bonds. The lowest BCUT2D eigenvalue weighted by Crippen LogP contribution is -2.45. The quantitative estimate of drug-likeness (QED) is 0.900. The summed E-state index contributed by atoms with van der Waals surface area (Å²) >= 11 is 0. The first-order chi connectivity index (χ1) is 8.41. The summed E-state index contributed by atoms with van der Waals surface area (Å²) in [6, 6.07) is 2.14. The van der Waals surface area contributed by atoms with Gasteiger partial charge >= 0.3 is 0 Å². The van der Waals surface area contributed by atoms with Gasteiger partial charge in [0.25, 0.3) is 0 Å². The summed E-state index contributed by atoms with van der Waals surface area (Å²) in [4.78, 5) is -0.628. The molecule has 1 fully saturated rings. The highest BCUT2D eigenvalue weighted by Crippen LogP contribution is 2.23. The SMILES string of the molecule is Cl.N[C@@H]1CCCN(S(=O)(=O)c2cc(F)ccc2F)C1. The lowest BCUT2D eigenvalue weighted by Gasteiger charge is -2.29. The highest BCUT2D eigenvalue weighted by Gasteiger charge is 2.31.